The van der Waals surface area contributed by atoms with Gasteiger partial charge in [-0.3, -0.25) is 0 Å². The zero-order valence-corrected chi connectivity index (χ0v) is 12.0. The van der Waals surface area contributed by atoms with Crippen LogP contribution in [0, 0.1) is 11.2 Å². The third-order valence-corrected chi connectivity index (χ3v) is 4.60. The third kappa shape index (κ3) is 2.04. The fourth-order valence-electron chi connectivity index (χ4n) is 3.35. The van der Waals surface area contributed by atoms with Gasteiger partial charge in [-0.15, -0.1) is 11.6 Å². The number of fused-ring (bicyclic) bond motifs is 1. The van der Waals surface area contributed by atoms with Gasteiger partial charge in [0, 0.05) is 6.04 Å². The van der Waals surface area contributed by atoms with Gasteiger partial charge in [-0.25, -0.2) is 9.37 Å². The van der Waals surface area contributed by atoms with Crippen LogP contribution in [0.2, 0.25) is 0 Å². The summed E-state index contributed by atoms with van der Waals surface area (Å²) in [4.78, 5) is 4.55. The topological polar surface area (TPSA) is 17.8 Å². The second kappa shape index (κ2) is 4.48. The van der Waals surface area contributed by atoms with Crippen molar-refractivity contribution in [3.05, 3.63) is 29.8 Å². The minimum atomic E-state index is -0.217. The maximum Gasteiger partial charge on any atom is 0.125 e. The second-order valence-electron chi connectivity index (χ2n) is 6.06. The minimum Gasteiger partial charge on any atom is -0.323 e. The summed E-state index contributed by atoms with van der Waals surface area (Å²) in [6.45, 7) is 4.54. The van der Waals surface area contributed by atoms with Crippen molar-refractivity contribution in [2.75, 3.05) is 0 Å². The van der Waals surface area contributed by atoms with Crippen LogP contribution in [0.4, 0.5) is 4.39 Å². The Balaban J connectivity index is 2.23. The van der Waals surface area contributed by atoms with Crippen LogP contribution in [0.25, 0.3) is 11.0 Å². The summed E-state index contributed by atoms with van der Waals surface area (Å²) < 4.78 is 15.7. The molecule has 102 valence electrons. The van der Waals surface area contributed by atoms with E-state index < -0.39 is 0 Å². The number of aromatic nitrogens is 2. The van der Waals surface area contributed by atoms with E-state index >= 15 is 0 Å². The summed E-state index contributed by atoms with van der Waals surface area (Å²) in [5.41, 5.74) is 1.91. The molecule has 1 heterocycles. The lowest BCUT2D eigenvalue weighted by molar-refractivity contribution is 0.262. The molecular formula is C15H18ClFN2. The van der Waals surface area contributed by atoms with Gasteiger partial charge in [-0.1, -0.05) is 20.3 Å². The highest BCUT2D eigenvalue weighted by atomic mass is 35.5. The number of nitrogens with zero attached hydrogens (tertiary/aromatic N) is 2. The third-order valence-electron chi connectivity index (χ3n) is 4.36. The maximum atomic E-state index is 13.5. The lowest BCUT2D eigenvalue weighted by Gasteiger charge is -2.30. The first-order valence-electron chi connectivity index (χ1n) is 6.75. The van der Waals surface area contributed by atoms with E-state index in [-0.39, 0.29) is 11.2 Å². The Morgan fingerprint density at radius 2 is 2.26 bits per heavy atom. The van der Waals surface area contributed by atoms with Crippen molar-refractivity contribution >= 4 is 22.6 Å². The summed E-state index contributed by atoms with van der Waals surface area (Å²) in [6, 6.07) is 5.12. The van der Waals surface area contributed by atoms with Crippen molar-refractivity contribution in [3.63, 3.8) is 0 Å². The van der Waals surface area contributed by atoms with Gasteiger partial charge in [0.1, 0.15) is 11.6 Å². The number of rotatable bonds is 2. The number of imidazole rings is 1. The summed E-state index contributed by atoms with van der Waals surface area (Å²) in [6.07, 6.45) is 3.50. The van der Waals surface area contributed by atoms with Gasteiger partial charge in [0.25, 0.3) is 0 Å². The molecule has 1 aromatic carbocycles. The smallest absolute Gasteiger partial charge is 0.125 e. The van der Waals surface area contributed by atoms with E-state index in [9.17, 15) is 4.39 Å². The molecule has 0 aliphatic heterocycles. The lowest BCUT2D eigenvalue weighted by Crippen LogP contribution is -2.23. The van der Waals surface area contributed by atoms with Gasteiger partial charge in [-0.05, 0) is 36.5 Å². The van der Waals surface area contributed by atoms with E-state index in [4.69, 9.17) is 11.6 Å². The molecule has 1 saturated carbocycles. The summed E-state index contributed by atoms with van der Waals surface area (Å²) in [5.74, 6) is 0.996. The first-order valence-corrected chi connectivity index (χ1v) is 7.29. The molecule has 19 heavy (non-hydrogen) atoms. The number of alkyl halides is 1. The van der Waals surface area contributed by atoms with Crippen LogP contribution in [0.15, 0.2) is 18.2 Å². The normalized spacial score (nSPS) is 22.2. The molecule has 1 aliphatic rings. The van der Waals surface area contributed by atoms with Crippen LogP contribution >= 0.6 is 11.6 Å². The first kappa shape index (κ1) is 12.9. The van der Waals surface area contributed by atoms with Gasteiger partial charge in [-0.2, -0.15) is 0 Å². The van der Waals surface area contributed by atoms with Crippen LogP contribution < -0.4 is 0 Å². The molecule has 3 rings (SSSR count). The molecule has 4 heteroatoms. The Labute approximate surface area is 117 Å². The summed E-state index contributed by atoms with van der Waals surface area (Å²) in [5, 5.41) is 0. The van der Waals surface area contributed by atoms with Crippen LogP contribution in [0.5, 0.6) is 0 Å². The number of benzene rings is 1. The molecule has 0 radical (unpaired) electrons. The molecule has 1 atom stereocenters. The van der Waals surface area contributed by atoms with Crippen LogP contribution in [0.3, 0.4) is 0 Å². The summed E-state index contributed by atoms with van der Waals surface area (Å²) >= 11 is 6.04. The fraction of sp³-hybridized carbons (Fsp3) is 0.533. The number of hydrogen-bond donors (Lipinski definition) is 0. The Bertz CT molecular complexity index is 618. The molecule has 2 nitrogen and oxygen atoms in total. The largest absolute Gasteiger partial charge is 0.323 e. The maximum absolute atomic E-state index is 13.5. The zero-order chi connectivity index (χ0) is 13.6. The minimum absolute atomic E-state index is 0.209. The highest BCUT2D eigenvalue weighted by molar-refractivity contribution is 6.16. The molecular weight excluding hydrogens is 263 g/mol. The van der Waals surface area contributed by atoms with Gasteiger partial charge < -0.3 is 4.57 Å². The van der Waals surface area contributed by atoms with E-state index in [1.807, 2.05) is 0 Å². The first-order chi connectivity index (χ1) is 9.03. The quantitative estimate of drug-likeness (QED) is 0.731. The van der Waals surface area contributed by atoms with Crippen molar-refractivity contribution < 1.29 is 4.39 Å². The van der Waals surface area contributed by atoms with Crippen molar-refractivity contribution in [2.24, 2.45) is 5.41 Å². The molecule has 0 bridgehead atoms. The van der Waals surface area contributed by atoms with Gasteiger partial charge in [0.15, 0.2) is 0 Å². The molecule has 0 amide bonds. The molecule has 1 fully saturated rings. The van der Waals surface area contributed by atoms with E-state index in [1.54, 1.807) is 12.1 Å². The van der Waals surface area contributed by atoms with Crippen molar-refractivity contribution in [3.8, 4) is 0 Å². The van der Waals surface area contributed by atoms with Gasteiger partial charge >= 0.3 is 0 Å². The van der Waals surface area contributed by atoms with Crippen molar-refractivity contribution in [1.82, 2.24) is 9.55 Å². The fourth-order valence-corrected chi connectivity index (χ4v) is 3.53. The molecule has 0 saturated heterocycles. The second-order valence-corrected chi connectivity index (χ2v) is 6.33. The molecule has 1 aliphatic carbocycles. The van der Waals surface area contributed by atoms with Gasteiger partial charge in [0.05, 0.1) is 16.9 Å². The number of hydrogen-bond acceptors (Lipinski definition) is 1. The molecule has 0 spiro atoms. The van der Waals surface area contributed by atoms with Gasteiger partial charge in [0.2, 0.25) is 0 Å². The highest BCUT2D eigenvalue weighted by Gasteiger charge is 2.37. The average Bonchev–Trinajstić information content (AvgIpc) is 2.88. The summed E-state index contributed by atoms with van der Waals surface area (Å²) in [7, 11) is 0. The Morgan fingerprint density at radius 1 is 1.47 bits per heavy atom. The van der Waals surface area contributed by atoms with E-state index in [0.717, 1.165) is 23.3 Å². The lowest BCUT2D eigenvalue weighted by atomic mass is 9.87. The Kier molecular flexibility index (Phi) is 3.05. The van der Waals surface area contributed by atoms with Crippen molar-refractivity contribution in [1.29, 1.82) is 0 Å². The Hall–Kier alpha value is -1.09. The van der Waals surface area contributed by atoms with Crippen molar-refractivity contribution in [2.45, 2.75) is 45.0 Å². The van der Waals surface area contributed by atoms with Crippen LogP contribution in [0.1, 0.15) is 45.0 Å². The van der Waals surface area contributed by atoms with E-state index in [2.05, 4.69) is 23.4 Å². The van der Waals surface area contributed by atoms with E-state index in [0.29, 0.717) is 11.9 Å². The molecule has 0 N–H and O–H groups in total. The van der Waals surface area contributed by atoms with E-state index in [1.165, 1.54) is 18.9 Å². The monoisotopic (exact) mass is 280 g/mol. The standard InChI is InChI=1S/C15H18ClFN2/c1-15(2)7-3-4-13(15)19-12-8-10(17)5-6-11(12)18-14(19)9-16/h5-6,8,13H,3-4,7,9H2,1-2H3. The highest BCUT2D eigenvalue weighted by Crippen LogP contribution is 2.47. The van der Waals surface area contributed by atoms with Crippen LogP contribution in [-0.4, -0.2) is 9.55 Å². The predicted molar refractivity (Wildman–Crippen MR) is 75.9 cm³/mol. The average molecular weight is 281 g/mol. The predicted octanol–water partition coefficient (Wildman–Crippen LogP) is 4.67. The molecule has 1 aromatic heterocycles. The SMILES string of the molecule is CC1(C)CCCC1n1c(CCl)nc2ccc(F)cc21. The molecule has 1 unspecified atom stereocenters. The zero-order valence-electron chi connectivity index (χ0n) is 11.3. The number of halogens is 2. The van der Waals surface area contributed by atoms with Crippen LogP contribution in [-0.2, 0) is 5.88 Å². The Morgan fingerprint density at radius 3 is 2.89 bits per heavy atom. The molecule has 2 aromatic rings.